The Bertz CT molecular complexity index is 996. The molecule has 1 unspecified atom stereocenters. The highest BCUT2D eigenvalue weighted by atomic mass is 19.1. The number of nitrogens with zero attached hydrogens (tertiary/aromatic N) is 2. The molecule has 0 N–H and O–H groups in total. The van der Waals surface area contributed by atoms with Crippen molar-refractivity contribution in [2.45, 2.75) is 20.0 Å². The number of morpholine rings is 1. The van der Waals surface area contributed by atoms with Crippen molar-refractivity contribution < 1.29 is 28.2 Å². The van der Waals surface area contributed by atoms with Crippen LogP contribution in [0.5, 0.6) is 11.5 Å². The molecule has 7 nitrogen and oxygen atoms in total. The van der Waals surface area contributed by atoms with E-state index in [1.54, 1.807) is 40.1 Å². The van der Waals surface area contributed by atoms with E-state index in [1.165, 1.54) is 12.1 Å². The summed E-state index contributed by atoms with van der Waals surface area (Å²) in [7, 11) is 0. The number of halogens is 1. The average molecular weight is 442 g/mol. The first-order valence-electron chi connectivity index (χ1n) is 10.8. The van der Waals surface area contributed by atoms with Gasteiger partial charge in [0.15, 0.2) is 11.5 Å². The number of amides is 2. The molecule has 0 aliphatic carbocycles. The van der Waals surface area contributed by atoms with E-state index in [0.717, 1.165) is 0 Å². The number of rotatable bonds is 6. The Balaban J connectivity index is 1.47. The molecule has 1 saturated heterocycles. The quantitative estimate of drug-likeness (QED) is 0.687. The van der Waals surface area contributed by atoms with Gasteiger partial charge < -0.3 is 24.0 Å². The topological polar surface area (TPSA) is 68.3 Å². The summed E-state index contributed by atoms with van der Waals surface area (Å²) in [6.45, 7) is 6.08. The molecule has 0 spiro atoms. The van der Waals surface area contributed by atoms with Crippen molar-refractivity contribution in [2.75, 3.05) is 39.6 Å². The molecule has 170 valence electrons. The highest BCUT2D eigenvalue weighted by Gasteiger charge is 2.30. The van der Waals surface area contributed by atoms with Crippen LogP contribution in [-0.2, 0) is 4.74 Å². The Labute approximate surface area is 186 Å². The van der Waals surface area contributed by atoms with Crippen molar-refractivity contribution in [3.8, 4) is 11.5 Å². The van der Waals surface area contributed by atoms with E-state index in [1.807, 2.05) is 13.8 Å². The maximum absolute atomic E-state index is 14.1. The van der Waals surface area contributed by atoms with Gasteiger partial charge in [0.2, 0.25) is 6.79 Å². The normalized spacial score (nSPS) is 17.5. The van der Waals surface area contributed by atoms with E-state index in [-0.39, 0.29) is 42.7 Å². The first-order valence-corrected chi connectivity index (χ1v) is 10.8. The molecular formula is C24H27FN2O5. The van der Waals surface area contributed by atoms with Crippen molar-refractivity contribution in [1.29, 1.82) is 0 Å². The summed E-state index contributed by atoms with van der Waals surface area (Å²) in [5.41, 5.74) is 0.550. The van der Waals surface area contributed by atoms with E-state index in [9.17, 15) is 14.0 Å². The number of fused-ring (bicyclic) bond motifs is 1. The smallest absolute Gasteiger partial charge is 0.256 e. The van der Waals surface area contributed by atoms with Crippen LogP contribution in [0.2, 0.25) is 0 Å². The zero-order chi connectivity index (χ0) is 22.7. The zero-order valence-corrected chi connectivity index (χ0v) is 18.3. The third-order valence-corrected chi connectivity index (χ3v) is 5.45. The molecule has 4 rings (SSSR count). The second-order valence-electron chi connectivity index (χ2n) is 8.40. The number of benzene rings is 2. The van der Waals surface area contributed by atoms with E-state index in [2.05, 4.69) is 0 Å². The molecule has 2 amide bonds. The molecule has 8 heteroatoms. The Morgan fingerprint density at radius 2 is 1.94 bits per heavy atom. The second-order valence-corrected chi connectivity index (χ2v) is 8.40. The van der Waals surface area contributed by atoms with Gasteiger partial charge in [-0.1, -0.05) is 26.0 Å². The SMILES string of the molecule is CC(C)CN(CC1CN(C(=O)c2ccccc2F)CCO1)C(=O)c1ccc2c(c1)OCO2. The van der Waals surface area contributed by atoms with Crippen LogP contribution >= 0.6 is 0 Å². The zero-order valence-electron chi connectivity index (χ0n) is 18.3. The maximum Gasteiger partial charge on any atom is 0.256 e. The van der Waals surface area contributed by atoms with Crippen LogP contribution < -0.4 is 9.47 Å². The lowest BCUT2D eigenvalue weighted by atomic mass is 10.1. The second kappa shape index (κ2) is 9.56. The molecule has 1 fully saturated rings. The Morgan fingerprint density at radius 1 is 1.16 bits per heavy atom. The van der Waals surface area contributed by atoms with Gasteiger partial charge in [-0.3, -0.25) is 9.59 Å². The number of ether oxygens (including phenoxy) is 3. The van der Waals surface area contributed by atoms with Crippen LogP contribution in [-0.4, -0.2) is 67.3 Å². The summed E-state index contributed by atoms with van der Waals surface area (Å²) < 4.78 is 30.7. The van der Waals surface area contributed by atoms with E-state index < -0.39 is 5.82 Å². The van der Waals surface area contributed by atoms with E-state index in [4.69, 9.17) is 14.2 Å². The van der Waals surface area contributed by atoms with E-state index in [0.29, 0.717) is 43.3 Å². The average Bonchev–Trinajstić information content (AvgIpc) is 3.26. The molecule has 2 aliphatic rings. The van der Waals surface area contributed by atoms with Gasteiger partial charge in [0.1, 0.15) is 5.82 Å². The summed E-state index contributed by atoms with van der Waals surface area (Å²) in [5, 5.41) is 0. The molecule has 2 aromatic carbocycles. The highest BCUT2D eigenvalue weighted by molar-refractivity contribution is 5.95. The summed E-state index contributed by atoms with van der Waals surface area (Å²) in [5.74, 6) is 0.366. The molecule has 0 saturated carbocycles. The highest BCUT2D eigenvalue weighted by Crippen LogP contribution is 2.33. The molecular weight excluding hydrogens is 415 g/mol. The van der Waals surface area contributed by atoms with Crippen LogP contribution in [0.25, 0.3) is 0 Å². The summed E-state index contributed by atoms with van der Waals surface area (Å²) >= 11 is 0. The molecule has 0 bridgehead atoms. The third kappa shape index (κ3) is 4.85. The van der Waals surface area contributed by atoms with Crippen molar-refractivity contribution in [3.05, 3.63) is 59.4 Å². The van der Waals surface area contributed by atoms with Crippen LogP contribution in [0.4, 0.5) is 4.39 Å². The predicted molar refractivity (Wildman–Crippen MR) is 115 cm³/mol. The molecule has 2 heterocycles. The maximum atomic E-state index is 14.1. The lowest BCUT2D eigenvalue weighted by Gasteiger charge is -2.36. The first-order chi connectivity index (χ1) is 15.4. The van der Waals surface area contributed by atoms with Crippen LogP contribution in [0, 0.1) is 11.7 Å². The largest absolute Gasteiger partial charge is 0.454 e. The molecule has 2 aliphatic heterocycles. The molecule has 32 heavy (non-hydrogen) atoms. The van der Waals surface area contributed by atoms with Crippen molar-refractivity contribution in [1.82, 2.24) is 9.80 Å². The number of carbonyl (C=O) groups excluding carboxylic acids is 2. The van der Waals surface area contributed by atoms with Gasteiger partial charge in [-0.05, 0) is 36.2 Å². The lowest BCUT2D eigenvalue weighted by molar-refractivity contribution is -0.0341. The fourth-order valence-corrected chi connectivity index (χ4v) is 3.96. The molecule has 0 aromatic heterocycles. The van der Waals surface area contributed by atoms with Gasteiger partial charge in [-0.15, -0.1) is 0 Å². The minimum absolute atomic E-state index is 0.0450. The minimum Gasteiger partial charge on any atom is -0.454 e. The molecule has 1 atom stereocenters. The number of hydrogen-bond donors (Lipinski definition) is 0. The van der Waals surface area contributed by atoms with E-state index >= 15 is 0 Å². The molecule has 0 radical (unpaired) electrons. The Hall–Kier alpha value is -3.13. The number of carbonyl (C=O) groups is 2. The van der Waals surface area contributed by atoms with Gasteiger partial charge in [-0.25, -0.2) is 4.39 Å². The fraction of sp³-hybridized carbons (Fsp3) is 0.417. The fourth-order valence-electron chi connectivity index (χ4n) is 3.96. The predicted octanol–water partition coefficient (Wildman–Crippen LogP) is 3.19. The number of hydrogen-bond acceptors (Lipinski definition) is 5. The summed E-state index contributed by atoms with van der Waals surface area (Å²) in [6.07, 6.45) is -0.365. The van der Waals surface area contributed by atoms with Crippen LogP contribution in [0.15, 0.2) is 42.5 Å². The van der Waals surface area contributed by atoms with Crippen molar-refractivity contribution in [2.24, 2.45) is 5.92 Å². The summed E-state index contributed by atoms with van der Waals surface area (Å²) in [4.78, 5) is 29.4. The third-order valence-electron chi connectivity index (χ3n) is 5.45. The van der Waals surface area contributed by atoms with Gasteiger partial charge in [0.05, 0.1) is 18.3 Å². The van der Waals surface area contributed by atoms with Gasteiger partial charge in [0.25, 0.3) is 11.8 Å². The standard InChI is InChI=1S/C24H27FN2O5/c1-16(2)12-27(23(28)17-7-8-21-22(11-17)32-15-31-21)14-18-13-26(9-10-30-18)24(29)19-5-3-4-6-20(19)25/h3-8,11,16,18H,9-10,12-15H2,1-2H3. The van der Waals surface area contributed by atoms with Crippen molar-refractivity contribution in [3.63, 3.8) is 0 Å². The summed E-state index contributed by atoms with van der Waals surface area (Å²) in [6, 6.07) is 11.1. The Morgan fingerprint density at radius 3 is 2.72 bits per heavy atom. The monoisotopic (exact) mass is 442 g/mol. The van der Waals surface area contributed by atoms with Crippen LogP contribution in [0.3, 0.4) is 0 Å². The first kappa shape index (κ1) is 22.1. The Kier molecular flexibility index (Phi) is 6.60. The minimum atomic E-state index is -0.542. The van der Waals surface area contributed by atoms with Crippen LogP contribution in [0.1, 0.15) is 34.6 Å². The van der Waals surface area contributed by atoms with Gasteiger partial charge >= 0.3 is 0 Å². The lowest BCUT2D eigenvalue weighted by Crippen LogP contribution is -2.51. The molecule has 2 aromatic rings. The van der Waals surface area contributed by atoms with Gasteiger partial charge in [0, 0.05) is 31.7 Å². The van der Waals surface area contributed by atoms with Crippen molar-refractivity contribution >= 4 is 11.8 Å². The van der Waals surface area contributed by atoms with Gasteiger partial charge in [-0.2, -0.15) is 0 Å².